The molecule has 1 aliphatic carbocycles. The second kappa shape index (κ2) is 5.76. The number of hydrogen-bond acceptors (Lipinski definition) is 3. The van der Waals surface area contributed by atoms with Gasteiger partial charge in [0.05, 0.1) is 10.6 Å². The number of rotatable bonds is 2. The summed E-state index contributed by atoms with van der Waals surface area (Å²) in [6, 6.07) is 11.2. The Labute approximate surface area is 139 Å². The number of allylic oxidation sites excluding steroid dienone is 2. The first-order chi connectivity index (χ1) is 10.9. The van der Waals surface area contributed by atoms with E-state index in [0.717, 1.165) is 0 Å². The SMILES string of the molecule is Cc1cc(S(=O)(=O)N=C2C=CC(=O)c3ccccc32)ccc1Cl. The lowest BCUT2D eigenvalue weighted by molar-refractivity contribution is 0.104. The summed E-state index contributed by atoms with van der Waals surface area (Å²) in [6.07, 6.45) is 2.74. The molecular formula is C17H12ClNO3S. The Hall–Kier alpha value is -2.24. The van der Waals surface area contributed by atoms with Crippen molar-refractivity contribution in [3.05, 3.63) is 76.3 Å². The van der Waals surface area contributed by atoms with Crippen molar-refractivity contribution in [2.75, 3.05) is 0 Å². The number of sulfonamides is 1. The van der Waals surface area contributed by atoms with Gasteiger partial charge in [-0.2, -0.15) is 12.8 Å². The fraction of sp³-hybridized carbons (Fsp3) is 0.0588. The van der Waals surface area contributed by atoms with Crippen LogP contribution in [0.3, 0.4) is 0 Å². The summed E-state index contributed by atoms with van der Waals surface area (Å²) >= 11 is 5.93. The fourth-order valence-electron chi connectivity index (χ4n) is 2.29. The van der Waals surface area contributed by atoms with Gasteiger partial charge in [-0.3, -0.25) is 4.79 Å². The maximum atomic E-state index is 12.5. The summed E-state index contributed by atoms with van der Waals surface area (Å²) < 4.78 is 28.9. The van der Waals surface area contributed by atoms with Crippen molar-refractivity contribution in [3.63, 3.8) is 0 Å². The molecule has 0 saturated heterocycles. The van der Waals surface area contributed by atoms with E-state index < -0.39 is 10.0 Å². The van der Waals surface area contributed by atoms with Crippen molar-refractivity contribution in [2.45, 2.75) is 11.8 Å². The molecular weight excluding hydrogens is 334 g/mol. The molecule has 0 aromatic heterocycles. The van der Waals surface area contributed by atoms with E-state index in [4.69, 9.17) is 11.6 Å². The quantitative estimate of drug-likeness (QED) is 0.835. The predicted molar refractivity (Wildman–Crippen MR) is 89.8 cm³/mol. The van der Waals surface area contributed by atoms with Gasteiger partial charge in [-0.15, -0.1) is 0 Å². The van der Waals surface area contributed by atoms with Gasteiger partial charge in [0.25, 0.3) is 10.0 Å². The zero-order chi connectivity index (χ0) is 16.6. The van der Waals surface area contributed by atoms with Gasteiger partial charge in [0.15, 0.2) is 5.78 Å². The average molecular weight is 346 g/mol. The molecule has 0 spiro atoms. The van der Waals surface area contributed by atoms with E-state index in [0.29, 0.717) is 21.7 Å². The summed E-state index contributed by atoms with van der Waals surface area (Å²) in [5, 5.41) is 0.491. The summed E-state index contributed by atoms with van der Waals surface area (Å²) in [5.41, 5.74) is 1.85. The van der Waals surface area contributed by atoms with Gasteiger partial charge >= 0.3 is 0 Å². The number of nitrogens with zero attached hydrogens (tertiary/aromatic N) is 1. The number of benzene rings is 2. The first kappa shape index (κ1) is 15.6. The third-order valence-corrected chi connectivity index (χ3v) is 5.22. The standard InChI is InChI=1S/C17H12ClNO3S/c1-11-10-12(6-7-15(11)18)23(21,22)19-16-8-9-17(20)14-5-3-2-4-13(14)16/h2-10H,1H3. The molecule has 0 bridgehead atoms. The van der Waals surface area contributed by atoms with Crippen LogP contribution in [0.25, 0.3) is 0 Å². The molecule has 0 heterocycles. The molecule has 0 amide bonds. The van der Waals surface area contributed by atoms with Crippen LogP contribution in [-0.4, -0.2) is 19.9 Å². The van der Waals surface area contributed by atoms with Gasteiger partial charge in [-0.1, -0.05) is 35.9 Å². The second-order valence-corrected chi connectivity index (χ2v) is 7.12. The maximum absolute atomic E-state index is 12.5. The third kappa shape index (κ3) is 2.98. The van der Waals surface area contributed by atoms with E-state index in [1.807, 2.05) is 0 Å². The molecule has 116 valence electrons. The van der Waals surface area contributed by atoms with Gasteiger partial charge in [-0.25, -0.2) is 0 Å². The number of hydrogen-bond donors (Lipinski definition) is 0. The molecule has 0 aliphatic heterocycles. The largest absolute Gasteiger partial charge is 0.289 e. The molecule has 0 atom stereocenters. The number of ketones is 1. The number of carbonyl (C=O) groups is 1. The van der Waals surface area contributed by atoms with Crippen LogP contribution in [0.4, 0.5) is 0 Å². The summed E-state index contributed by atoms with van der Waals surface area (Å²) in [6.45, 7) is 1.73. The van der Waals surface area contributed by atoms with E-state index in [9.17, 15) is 13.2 Å². The zero-order valence-corrected chi connectivity index (χ0v) is 13.7. The Bertz CT molecular complexity index is 975. The van der Waals surface area contributed by atoms with Crippen molar-refractivity contribution in [2.24, 2.45) is 4.40 Å². The Balaban J connectivity index is 2.12. The molecule has 6 heteroatoms. The highest BCUT2D eigenvalue weighted by Gasteiger charge is 2.21. The molecule has 0 N–H and O–H groups in total. The van der Waals surface area contributed by atoms with Crippen LogP contribution in [0.1, 0.15) is 21.5 Å². The Morgan fingerprint density at radius 3 is 2.39 bits per heavy atom. The lowest BCUT2D eigenvalue weighted by Gasteiger charge is -2.11. The highest BCUT2D eigenvalue weighted by atomic mass is 35.5. The lowest BCUT2D eigenvalue weighted by atomic mass is 9.95. The first-order valence-corrected chi connectivity index (χ1v) is 8.63. The summed E-state index contributed by atoms with van der Waals surface area (Å²) in [7, 11) is -3.89. The maximum Gasteiger partial charge on any atom is 0.282 e. The van der Waals surface area contributed by atoms with E-state index in [2.05, 4.69) is 4.40 Å². The summed E-state index contributed by atoms with van der Waals surface area (Å²) in [5.74, 6) is -0.167. The minimum atomic E-state index is -3.89. The molecule has 2 aromatic rings. The molecule has 23 heavy (non-hydrogen) atoms. The monoisotopic (exact) mass is 345 g/mol. The van der Waals surface area contributed by atoms with Gasteiger partial charge in [0.1, 0.15) is 0 Å². The molecule has 0 radical (unpaired) electrons. The van der Waals surface area contributed by atoms with Gasteiger partial charge in [0.2, 0.25) is 0 Å². The predicted octanol–water partition coefficient (Wildman–Crippen LogP) is 3.58. The first-order valence-electron chi connectivity index (χ1n) is 6.81. The molecule has 2 aromatic carbocycles. The fourth-order valence-corrected chi connectivity index (χ4v) is 3.50. The third-order valence-electron chi connectivity index (χ3n) is 3.51. The Morgan fingerprint density at radius 2 is 1.70 bits per heavy atom. The highest BCUT2D eigenvalue weighted by Crippen LogP contribution is 2.23. The molecule has 3 rings (SSSR count). The van der Waals surface area contributed by atoms with Crippen molar-refractivity contribution < 1.29 is 13.2 Å². The van der Waals surface area contributed by atoms with Crippen molar-refractivity contribution >= 4 is 33.1 Å². The van der Waals surface area contributed by atoms with Crippen LogP contribution in [0.15, 0.2) is 63.9 Å². The molecule has 0 unspecified atom stereocenters. The Kier molecular flexibility index (Phi) is 3.92. The van der Waals surface area contributed by atoms with E-state index in [-0.39, 0.29) is 16.4 Å². The van der Waals surface area contributed by atoms with Crippen LogP contribution in [0.5, 0.6) is 0 Å². The Morgan fingerprint density at radius 1 is 1.00 bits per heavy atom. The van der Waals surface area contributed by atoms with Crippen LogP contribution >= 0.6 is 11.6 Å². The van der Waals surface area contributed by atoms with Gasteiger partial charge in [-0.05, 0) is 42.8 Å². The molecule has 4 nitrogen and oxygen atoms in total. The van der Waals surface area contributed by atoms with Crippen molar-refractivity contribution in [3.8, 4) is 0 Å². The number of halogens is 1. The molecule has 0 saturated carbocycles. The van der Waals surface area contributed by atoms with E-state index in [1.54, 1.807) is 31.2 Å². The van der Waals surface area contributed by atoms with Crippen LogP contribution < -0.4 is 0 Å². The smallest absolute Gasteiger partial charge is 0.282 e. The van der Waals surface area contributed by atoms with Crippen molar-refractivity contribution in [1.82, 2.24) is 0 Å². The molecule has 1 aliphatic rings. The molecule has 0 fully saturated rings. The summed E-state index contributed by atoms with van der Waals surface area (Å²) in [4.78, 5) is 11.9. The average Bonchev–Trinajstić information content (AvgIpc) is 2.53. The van der Waals surface area contributed by atoms with Crippen LogP contribution in [0, 0.1) is 6.92 Å². The highest BCUT2D eigenvalue weighted by molar-refractivity contribution is 7.90. The van der Waals surface area contributed by atoms with Gasteiger partial charge < -0.3 is 0 Å². The number of fused-ring (bicyclic) bond motifs is 1. The zero-order valence-electron chi connectivity index (χ0n) is 12.2. The number of carbonyl (C=O) groups excluding carboxylic acids is 1. The van der Waals surface area contributed by atoms with Crippen LogP contribution in [-0.2, 0) is 10.0 Å². The normalized spacial score (nSPS) is 15.7. The van der Waals surface area contributed by atoms with Gasteiger partial charge in [0, 0.05) is 16.1 Å². The topological polar surface area (TPSA) is 63.6 Å². The minimum absolute atomic E-state index is 0.0645. The minimum Gasteiger partial charge on any atom is -0.289 e. The lowest BCUT2D eigenvalue weighted by Crippen LogP contribution is -2.14. The van der Waals surface area contributed by atoms with Crippen molar-refractivity contribution in [1.29, 1.82) is 0 Å². The second-order valence-electron chi connectivity index (χ2n) is 5.11. The van der Waals surface area contributed by atoms with E-state index >= 15 is 0 Å². The van der Waals surface area contributed by atoms with Crippen LogP contribution in [0.2, 0.25) is 5.02 Å². The van der Waals surface area contributed by atoms with E-state index in [1.165, 1.54) is 30.4 Å². The number of aryl methyl sites for hydroxylation is 1.